The van der Waals surface area contributed by atoms with Crippen LogP contribution in [0.5, 0.6) is 0 Å². The van der Waals surface area contributed by atoms with Crippen LogP contribution in [-0.4, -0.2) is 30.1 Å². The highest BCUT2D eigenvalue weighted by atomic mass is 19.4. The van der Waals surface area contributed by atoms with Crippen molar-refractivity contribution in [2.75, 3.05) is 6.61 Å². The molecule has 0 rings (SSSR count). The maximum atomic E-state index is 11.6. The minimum absolute atomic E-state index is 0.0333. The van der Waals surface area contributed by atoms with Gasteiger partial charge < -0.3 is 9.84 Å². The Labute approximate surface area is 75.7 Å². The molecule has 0 bridgehead atoms. The molecule has 1 N–H and O–H groups in total. The zero-order valence-corrected chi connectivity index (χ0v) is 7.77. The van der Waals surface area contributed by atoms with Crippen molar-refractivity contribution >= 4 is 0 Å². The molecule has 0 aromatic rings. The van der Waals surface area contributed by atoms with Crippen molar-refractivity contribution in [2.45, 2.75) is 45.1 Å². The van der Waals surface area contributed by atoms with E-state index in [0.29, 0.717) is 0 Å². The van der Waals surface area contributed by atoms with Crippen molar-refractivity contribution in [3.8, 4) is 0 Å². The lowest BCUT2D eigenvalue weighted by Crippen LogP contribution is -2.23. The second-order valence-electron chi connectivity index (χ2n) is 3.04. The monoisotopic (exact) mass is 200 g/mol. The average molecular weight is 200 g/mol. The van der Waals surface area contributed by atoms with Gasteiger partial charge in [0.2, 0.25) is 0 Å². The molecule has 13 heavy (non-hydrogen) atoms. The number of rotatable bonds is 5. The van der Waals surface area contributed by atoms with Gasteiger partial charge in [-0.2, -0.15) is 13.2 Å². The quantitative estimate of drug-likeness (QED) is 0.689. The van der Waals surface area contributed by atoms with Gasteiger partial charge in [0, 0.05) is 13.0 Å². The molecular formula is C8H15F3O2. The fraction of sp³-hybridized carbons (Fsp3) is 1.00. The van der Waals surface area contributed by atoms with Gasteiger partial charge in [0.1, 0.15) is 0 Å². The Morgan fingerprint density at radius 3 is 2.23 bits per heavy atom. The van der Waals surface area contributed by atoms with E-state index in [4.69, 9.17) is 9.84 Å². The third-order valence-electron chi connectivity index (χ3n) is 1.66. The van der Waals surface area contributed by atoms with E-state index in [1.807, 2.05) is 0 Å². The van der Waals surface area contributed by atoms with Gasteiger partial charge in [-0.05, 0) is 20.3 Å². The minimum Gasteiger partial charge on any atom is -0.391 e. The smallest absolute Gasteiger partial charge is 0.389 e. The van der Waals surface area contributed by atoms with Crippen molar-refractivity contribution in [1.29, 1.82) is 0 Å². The summed E-state index contributed by atoms with van der Waals surface area (Å²) in [6, 6.07) is 0. The van der Waals surface area contributed by atoms with Crippen LogP contribution in [-0.2, 0) is 4.74 Å². The lowest BCUT2D eigenvalue weighted by atomic mass is 10.2. The van der Waals surface area contributed by atoms with E-state index in [1.54, 1.807) is 6.92 Å². The van der Waals surface area contributed by atoms with E-state index in [2.05, 4.69) is 0 Å². The van der Waals surface area contributed by atoms with Gasteiger partial charge in [0.25, 0.3) is 0 Å². The van der Waals surface area contributed by atoms with Gasteiger partial charge in [-0.3, -0.25) is 0 Å². The highest BCUT2D eigenvalue weighted by Gasteiger charge is 2.26. The first-order valence-corrected chi connectivity index (χ1v) is 4.19. The largest absolute Gasteiger partial charge is 0.391 e. The Morgan fingerprint density at radius 1 is 1.31 bits per heavy atom. The first-order chi connectivity index (χ1) is 5.83. The number of hydrogen-bond donors (Lipinski definition) is 1. The van der Waals surface area contributed by atoms with Crippen LogP contribution >= 0.6 is 0 Å². The van der Waals surface area contributed by atoms with Crippen LogP contribution < -0.4 is 0 Å². The number of aliphatic hydroxyl groups is 1. The summed E-state index contributed by atoms with van der Waals surface area (Å²) in [4.78, 5) is 0. The fourth-order valence-corrected chi connectivity index (χ4v) is 0.681. The van der Waals surface area contributed by atoms with Crippen LogP contribution in [0, 0.1) is 0 Å². The zero-order chi connectivity index (χ0) is 10.5. The topological polar surface area (TPSA) is 29.5 Å². The molecule has 2 atom stereocenters. The van der Waals surface area contributed by atoms with E-state index in [1.165, 1.54) is 6.92 Å². The summed E-state index contributed by atoms with van der Waals surface area (Å²) in [7, 11) is 0. The predicted octanol–water partition coefficient (Wildman–Crippen LogP) is 2.11. The van der Waals surface area contributed by atoms with Crippen molar-refractivity contribution in [3.05, 3.63) is 0 Å². The summed E-state index contributed by atoms with van der Waals surface area (Å²) < 4.78 is 39.8. The van der Waals surface area contributed by atoms with E-state index in [-0.39, 0.29) is 13.0 Å². The maximum Gasteiger partial charge on any atom is 0.389 e. The third-order valence-corrected chi connectivity index (χ3v) is 1.66. The summed E-state index contributed by atoms with van der Waals surface area (Å²) in [5, 5.41) is 8.93. The average Bonchev–Trinajstić information content (AvgIpc) is 1.95. The molecule has 1 unspecified atom stereocenters. The Morgan fingerprint density at radius 2 is 1.85 bits per heavy atom. The summed E-state index contributed by atoms with van der Waals surface area (Å²) in [5.74, 6) is 0. The first-order valence-electron chi connectivity index (χ1n) is 4.19. The zero-order valence-electron chi connectivity index (χ0n) is 7.77. The third kappa shape index (κ3) is 8.05. The second-order valence-corrected chi connectivity index (χ2v) is 3.04. The van der Waals surface area contributed by atoms with E-state index >= 15 is 0 Å². The number of alkyl halides is 3. The molecule has 0 aliphatic carbocycles. The highest BCUT2D eigenvalue weighted by molar-refractivity contribution is 4.57. The fourth-order valence-electron chi connectivity index (χ4n) is 0.681. The van der Waals surface area contributed by atoms with Crippen LogP contribution in [0.1, 0.15) is 26.7 Å². The molecule has 0 radical (unpaired) electrons. The molecule has 0 aliphatic rings. The van der Waals surface area contributed by atoms with E-state index < -0.39 is 24.8 Å². The number of halogens is 3. The molecule has 5 heteroatoms. The molecule has 0 amide bonds. The Kier molecular flexibility index (Phi) is 5.32. The van der Waals surface area contributed by atoms with Crippen molar-refractivity contribution in [3.63, 3.8) is 0 Å². The number of hydrogen-bond acceptors (Lipinski definition) is 2. The van der Waals surface area contributed by atoms with Gasteiger partial charge in [-0.15, -0.1) is 0 Å². The Balaban J connectivity index is 3.36. The normalized spacial score (nSPS) is 17.1. The predicted molar refractivity (Wildman–Crippen MR) is 42.4 cm³/mol. The number of ether oxygens (including phenoxy) is 1. The van der Waals surface area contributed by atoms with Gasteiger partial charge >= 0.3 is 6.18 Å². The molecule has 80 valence electrons. The van der Waals surface area contributed by atoms with Crippen molar-refractivity contribution in [1.82, 2.24) is 0 Å². The molecule has 0 aliphatic heterocycles. The Hall–Kier alpha value is -0.290. The van der Waals surface area contributed by atoms with Gasteiger partial charge in [-0.1, -0.05) is 0 Å². The second kappa shape index (κ2) is 5.44. The van der Waals surface area contributed by atoms with Crippen LogP contribution in [0.3, 0.4) is 0 Å². The standard InChI is InChI=1S/C8H15F3O2/c1-6(12)7(2)13-5-3-4-8(9,10)11/h6-7,12H,3-5H2,1-2H3/t6-,7?/m1/s1. The van der Waals surface area contributed by atoms with E-state index in [9.17, 15) is 13.2 Å². The van der Waals surface area contributed by atoms with Crippen LogP contribution in [0.15, 0.2) is 0 Å². The lowest BCUT2D eigenvalue weighted by molar-refractivity contribution is -0.139. The lowest BCUT2D eigenvalue weighted by Gasteiger charge is -2.15. The van der Waals surface area contributed by atoms with E-state index in [0.717, 1.165) is 0 Å². The summed E-state index contributed by atoms with van der Waals surface area (Å²) in [6.07, 6.45) is -6.06. The van der Waals surface area contributed by atoms with Gasteiger partial charge in [0.15, 0.2) is 0 Å². The van der Waals surface area contributed by atoms with Crippen molar-refractivity contribution < 1.29 is 23.0 Å². The van der Waals surface area contributed by atoms with Gasteiger partial charge in [0.05, 0.1) is 12.2 Å². The first kappa shape index (κ1) is 12.7. The Bertz CT molecular complexity index is 134. The summed E-state index contributed by atoms with van der Waals surface area (Å²) in [6.45, 7) is 3.19. The van der Waals surface area contributed by atoms with Crippen LogP contribution in [0.25, 0.3) is 0 Å². The maximum absolute atomic E-state index is 11.6. The molecule has 0 aromatic carbocycles. The summed E-state index contributed by atoms with van der Waals surface area (Å²) in [5.41, 5.74) is 0. The SMILES string of the molecule is CC(OCCCC(F)(F)F)[C@@H](C)O. The molecule has 2 nitrogen and oxygen atoms in total. The number of aliphatic hydroxyl groups excluding tert-OH is 1. The minimum atomic E-state index is -4.11. The van der Waals surface area contributed by atoms with Crippen LogP contribution in [0.2, 0.25) is 0 Å². The van der Waals surface area contributed by atoms with Crippen LogP contribution in [0.4, 0.5) is 13.2 Å². The molecular weight excluding hydrogens is 185 g/mol. The molecule has 0 spiro atoms. The molecule has 0 saturated heterocycles. The molecule has 0 heterocycles. The molecule has 0 fully saturated rings. The van der Waals surface area contributed by atoms with Gasteiger partial charge in [-0.25, -0.2) is 0 Å². The highest BCUT2D eigenvalue weighted by Crippen LogP contribution is 2.21. The van der Waals surface area contributed by atoms with Crippen molar-refractivity contribution in [2.24, 2.45) is 0 Å². The molecule has 0 aromatic heterocycles. The summed E-state index contributed by atoms with van der Waals surface area (Å²) >= 11 is 0. The molecule has 0 saturated carbocycles.